The molecular formula is C20H19FO5S. The van der Waals surface area contributed by atoms with Gasteiger partial charge in [0.25, 0.3) is 0 Å². The summed E-state index contributed by atoms with van der Waals surface area (Å²) in [4.78, 5) is 22.6. The van der Waals surface area contributed by atoms with Gasteiger partial charge in [-0.15, -0.1) is 11.8 Å². The van der Waals surface area contributed by atoms with E-state index in [0.29, 0.717) is 5.56 Å². The van der Waals surface area contributed by atoms with Crippen molar-refractivity contribution in [2.45, 2.75) is 29.4 Å². The molecule has 27 heavy (non-hydrogen) atoms. The van der Waals surface area contributed by atoms with Crippen molar-refractivity contribution in [3.05, 3.63) is 71.8 Å². The van der Waals surface area contributed by atoms with Crippen molar-refractivity contribution in [1.82, 2.24) is 0 Å². The third kappa shape index (κ3) is 4.48. The molecule has 0 aromatic heterocycles. The summed E-state index contributed by atoms with van der Waals surface area (Å²) >= 11 is 0.885. The van der Waals surface area contributed by atoms with E-state index in [1.807, 2.05) is 0 Å². The molecule has 0 aliphatic carbocycles. The Morgan fingerprint density at radius 3 is 2.11 bits per heavy atom. The summed E-state index contributed by atoms with van der Waals surface area (Å²) in [6.45, 7) is 1.12. The summed E-state index contributed by atoms with van der Waals surface area (Å²) in [6, 6.07) is 16.6. The third-order valence-corrected chi connectivity index (χ3v) is 5.61. The van der Waals surface area contributed by atoms with Gasteiger partial charge in [-0.25, -0.2) is 14.0 Å². The fraction of sp³-hybridized carbons (Fsp3) is 0.300. The van der Waals surface area contributed by atoms with Gasteiger partial charge >= 0.3 is 11.9 Å². The Balaban J connectivity index is 1.68. The number of halogens is 1. The van der Waals surface area contributed by atoms with Crippen LogP contribution in [-0.4, -0.2) is 46.1 Å². The van der Waals surface area contributed by atoms with E-state index >= 15 is 0 Å². The molecule has 5 nitrogen and oxygen atoms in total. The van der Waals surface area contributed by atoms with Gasteiger partial charge in [-0.3, -0.25) is 0 Å². The van der Waals surface area contributed by atoms with Gasteiger partial charge < -0.3 is 14.6 Å². The van der Waals surface area contributed by atoms with Crippen molar-refractivity contribution in [3.8, 4) is 0 Å². The van der Waals surface area contributed by atoms with Crippen molar-refractivity contribution >= 4 is 23.7 Å². The van der Waals surface area contributed by atoms with E-state index in [9.17, 15) is 19.1 Å². The second kappa shape index (κ2) is 8.10. The zero-order valence-electron chi connectivity index (χ0n) is 14.6. The number of carbonyl (C=O) groups is 2. The standard InChI is InChI=1S/C20H19FO5S/c1-20(24)17(21)16(26-19(23)14-10-6-3-7-11-14)15(27-20)12-25-18(22)13-8-4-2-5-9-13/h2-11,15-17,24H,12H2,1H3/t15-,16-,17+,20?/m1/s1. The lowest BCUT2D eigenvalue weighted by Crippen LogP contribution is -2.39. The van der Waals surface area contributed by atoms with Crippen LogP contribution in [0.5, 0.6) is 0 Å². The van der Waals surface area contributed by atoms with E-state index in [2.05, 4.69) is 0 Å². The number of carbonyl (C=O) groups excluding carboxylic acids is 2. The van der Waals surface area contributed by atoms with Crippen LogP contribution in [0.3, 0.4) is 0 Å². The number of benzene rings is 2. The van der Waals surface area contributed by atoms with E-state index in [0.717, 1.165) is 11.8 Å². The van der Waals surface area contributed by atoms with Crippen LogP contribution in [-0.2, 0) is 9.47 Å². The predicted molar refractivity (Wildman–Crippen MR) is 99.3 cm³/mol. The van der Waals surface area contributed by atoms with Gasteiger partial charge in [0.2, 0.25) is 0 Å². The van der Waals surface area contributed by atoms with Gasteiger partial charge in [0.05, 0.1) is 16.4 Å². The third-order valence-electron chi connectivity index (χ3n) is 4.20. The molecule has 1 heterocycles. The van der Waals surface area contributed by atoms with Crippen LogP contribution in [0.2, 0.25) is 0 Å². The Morgan fingerprint density at radius 2 is 1.56 bits per heavy atom. The average molecular weight is 390 g/mol. The zero-order valence-corrected chi connectivity index (χ0v) is 15.4. The molecule has 0 amide bonds. The topological polar surface area (TPSA) is 72.8 Å². The summed E-state index contributed by atoms with van der Waals surface area (Å²) in [5.74, 6) is -1.26. The Labute approximate surface area is 160 Å². The molecule has 0 spiro atoms. The maximum Gasteiger partial charge on any atom is 0.338 e. The molecule has 0 saturated carbocycles. The highest BCUT2D eigenvalue weighted by molar-refractivity contribution is 8.01. The first-order valence-corrected chi connectivity index (χ1v) is 9.29. The van der Waals surface area contributed by atoms with Crippen LogP contribution in [0.25, 0.3) is 0 Å². The summed E-state index contributed by atoms with van der Waals surface area (Å²) in [5.41, 5.74) is 0.642. The molecule has 1 saturated heterocycles. The highest BCUT2D eigenvalue weighted by Crippen LogP contribution is 2.45. The molecule has 1 aliphatic rings. The van der Waals surface area contributed by atoms with E-state index in [1.54, 1.807) is 60.7 Å². The monoisotopic (exact) mass is 390 g/mol. The van der Waals surface area contributed by atoms with Gasteiger partial charge in [-0.05, 0) is 31.2 Å². The van der Waals surface area contributed by atoms with E-state index in [-0.39, 0.29) is 12.2 Å². The highest BCUT2D eigenvalue weighted by atomic mass is 32.2. The van der Waals surface area contributed by atoms with Crippen LogP contribution in [0, 0.1) is 0 Å². The number of esters is 2. The normalized spacial score (nSPS) is 27.1. The van der Waals surface area contributed by atoms with Gasteiger partial charge in [0.1, 0.15) is 11.5 Å². The summed E-state index contributed by atoms with van der Waals surface area (Å²) in [7, 11) is 0. The van der Waals surface area contributed by atoms with Crippen molar-refractivity contribution in [2.75, 3.05) is 6.61 Å². The van der Waals surface area contributed by atoms with Crippen molar-refractivity contribution in [3.63, 3.8) is 0 Å². The SMILES string of the molecule is CC1(O)S[C@H](COC(=O)c2ccccc2)[C@@H](OC(=O)c2ccccc2)[C@@H]1F. The molecule has 1 fully saturated rings. The molecule has 3 rings (SSSR count). The Kier molecular flexibility index (Phi) is 5.82. The summed E-state index contributed by atoms with van der Waals surface area (Å²) in [5, 5.41) is 9.50. The first-order valence-electron chi connectivity index (χ1n) is 8.41. The van der Waals surface area contributed by atoms with Crippen LogP contribution in [0.1, 0.15) is 27.6 Å². The maximum atomic E-state index is 14.7. The summed E-state index contributed by atoms with van der Waals surface area (Å²) in [6.07, 6.45) is -3.04. The largest absolute Gasteiger partial charge is 0.461 e. The van der Waals surface area contributed by atoms with E-state index < -0.39 is 34.4 Å². The number of thioether (sulfide) groups is 1. The second-order valence-corrected chi connectivity index (χ2v) is 7.98. The van der Waals surface area contributed by atoms with Crippen molar-refractivity contribution in [1.29, 1.82) is 0 Å². The molecule has 1 aliphatic heterocycles. The Hall–Kier alpha value is -2.38. The molecule has 0 radical (unpaired) electrons. The fourth-order valence-corrected chi connectivity index (χ4v) is 4.12. The van der Waals surface area contributed by atoms with Crippen LogP contribution >= 0.6 is 11.8 Å². The molecule has 4 atom stereocenters. The Morgan fingerprint density at radius 1 is 1.04 bits per heavy atom. The lowest BCUT2D eigenvalue weighted by atomic mass is 10.1. The minimum Gasteiger partial charge on any atom is -0.461 e. The Bertz CT molecular complexity index is 797. The molecule has 142 valence electrons. The van der Waals surface area contributed by atoms with Crippen molar-refractivity contribution in [2.24, 2.45) is 0 Å². The van der Waals surface area contributed by atoms with Crippen LogP contribution < -0.4 is 0 Å². The number of hydrogen-bond acceptors (Lipinski definition) is 6. The smallest absolute Gasteiger partial charge is 0.338 e. The van der Waals surface area contributed by atoms with Crippen LogP contribution in [0.4, 0.5) is 4.39 Å². The van der Waals surface area contributed by atoms with Crippen LogP contribution in [0.15, 0.2) is 60.7 Å². The first kappa shape index (κ1) is 19.4. The van der Waals surface area contributed by atoms with Gasteiger partial charge in [-0.2, -0.15) is 0 Å². The van der Waals surface area contributed by atoms with Gasteiger partial charge in [0.15, 0.2) is 12.3 Å². The molecule has 1 unspecified atom stereocenters. The highest BCUT2D eigenvalue weighted by Gasteiger charge is 2.54. The van der Waals surface area contributed by atoms with Gasteiger partial charge in [0, 0.05) is 0 Å². The number of alkyl halides is 1. The molecule has 2 aromatic carbocycles. The predicted octanol–water partition coefficient (Wildman–Crippen LogP) is 3.23. The summed E-state index contributed by atoms with van der Waals surface area (Å²) < 4.78 is 25.2. The molecule has 7 heteroatoms. The average Bonchev–Trinajstić information content (AvgIpc) is 2.90. The first-order chi connectivity index (χ1) is 12.9. The van der Waals surface area contributed by atoms with Gasteiger partial charge in [-0.1, -0.05) is 36.4 Å². The molecular weight excluding hydrogens is 371 g/mol. The maximum absolute atomic E-state index is 14.7. The fourth-order valence-electron chi connectivity index (χ4n) is 2.78. The minimum atomic E-state index is -1.81. The number of aliphatic hydroxyl groups is 1. The molecule has 1 N–H and O–H groups in total. The number of rotatable bonds is 5. The quantitative estimate of drug-likeness (QED) is 0.791. The number of ether oxygens (including phenoxy) is 2. The van der Waals surface area contributed by atoms with Crippen molar-refractivity contribution < 1.29 is 28.6 Å². The molecule has 2 aromatic rings. The lowest BCUT2D eigenvalue weighted by Gasteiger charge is -2.21. The minimum absolute atomic E-state index is 0.193. The number of hydrogen-bond donors (Lipinski definition) is 1. The lowest BCUT2D eigenvalue weighted by molar-refractivity contribution is -0.0321. The second-order valence-electron chi connectivity index (χ2n) is 6.31. The van der Waals surface area contributed by atoms with E-state index in [4.69, 9.17) is 9.47 Å². The van der Waals surface area contributed by atoms with E-state index in [1.165, 1.54) is 6.92 Å². The zero-order chi connectivity index (χ0) is 19.4. The molecule has 0 bridgehead atoms.